The van der Waals surface area contributed by atoms with Crippen molar-refractivity contribution in [2.45, 2.75) is 20.8 Å². The number of thiazole rings is 1. The van der Waals surface area contributed by atoms with Crippen LogP contribution in [0.5, 0.6) is 0 Å². The van der Waals surface area contributed by atoms with Crippen LogP contribution in [-0.4, -0.2) is 42.0 Å². The van der Waals surface area contributed by atoms with Crippen molar-refractivity contribution in [1.82, 2.24) is 9.88 Å². The number of aromatic nitrogens is 1. The molecule has 1 aliphatic rings. The van der Waals surface area contributed by atoms with Gasteiger partial charge in [0.15, 0.2) is 0 Å². The van der Waals surface area contributed by atoms with Gasteiger partial charge in [-0.25, -0.2) is 4.98 Å². The van der Waals surface area contributed by atoms with Crippen LogP contribution >= 0.6 is 11.3 Å². The third-order valence-electron chi connectivity index (χ3n) is 4.43. The summed E-state index contributed by atoms with van der Waals surface area (Å²) in [5, 5.41) is 0. The lowest BCUT2D eigenvalue weighted by atomic mass is 10.1. The summed E-state index contributed by atoms with van der Waals surface area (Å²) in [5.74, 6) is 0.0689. The average molecular weight is 315 g/mol. The van der Waals surface area contributed by atoms with Gasteiger partial charge in [-0.3, -0.25) is 4.79 Å². The van der Waals surface area contributed by atoms with Gasteiger partial charge in [0.1, 0.15) is 5.69 Å². The first-order chi connectivity index (χ1) is 10.6. The van der Waals surface area contributed by atoms with Crippen molar-refractivity contribution < 1.29 is 4.79 Å². The summed E-state index contributed by atoms with van der Waals surface area (Å²) < 4.78 is 0. The van der Waals surface area contributed by atoms with Crippen molar-refractivity contribution in [3.05, 3.63) is 45.4 Å². The maximum atomic E-state index is 12.5. The topological polar surface area (TPSA) is 36.4 Å². The third kappa shape index (κ3) is 2.73. The van der Waals surface area contributed by atoms with E-state index in [0.29, 0.717) is 5.69 Å². The lowest BCUT2D eigenvalue weighted by Crippen LogP contribution is -2.49. The number of hydrogen-bond acceptors (Lipinski definition) is 4. The van der Waals surface area contributed by atoms with Gasteiger partial charge in [0.25, 0.3) is 5.91 Å². The Morgan fingerprint density at radius 2 is 1.86 bits per heavy atom. The Morgan fingerprint density at radius 3 is 2.50 bits per heavy atom. The van der Waals surface area contributed by atoms with Gasteiger partial charge in [0.2, 0.25) is 0 Å². The summed E-state index contributed by atoms with van der Waals surface area (Å²) in [6.45, 7) is 9.52. The van der Waals surface area contributed by atoms with Crippen molar-refractivity contribution in [1.29, 1.82) is 0 Å². The average Bonchev–Trinajstić information content (AvgIpc) is 2.96. The molecule has 0 spiro atoms. The van der Waals surface area contributed by atoms with E-state index in [4.69, 9.17) is 0 Å². The number of piperazine rings is 1. The van der Waals surface area contributed by atoms with Crippen molar-refractivity contribution in [3.63, 3.8) is 0 Å². The number of nitrogens with zero attached hydrogens (tertiary/aromatic N) is 3. The van der Waals surface area contributed by atoms with E-state index in [2.05, 4.69) is 41.9 Å². The summed E-state index contributed by atoms with van der Waals surface area (Å²) in [6.07, 6.45) is 0. The zero-order valence-electron chi connectivity index (χ0n) is 13.3. The van der Waals surface area contributed by atoms with Crippen LogP contribution in [0.4, 0.5) is 5.69 Å². The molecule has 1 amide bonds. The number of benzene rings is 1. The monoisotopic (exact) mass is 315 g/mol. The Bertz CT molecular complexity index is 687. The lowest BCUT2D eigenvalue weighted by Gasteiger charge is -2.36. The standard InChI is InChI=1S/C17H21N3OS/c1-12-5-4-6-15(13(12)2)19-7-9-20(10-8-19)17(21)16-14(3)22-11-18-16/h4-6,11H,7-10H2,1-3H3. The van der Waals surface area contributed by atoms with Crippen LogP contribution in [0, 0.1) is 20.8 Å². The van der Waals surface area contributed by atoms with E-state index in [-0.39, 0.29) is 5.91 Å². The fraction of sp³-hybridized carbons (Fsp3) is 0.412. The van der Waals surface area contributed by atoms with Gasteiger partial charge in [0.05, 0.1) is 5.51 Å². The second-order valence-corrected chi connectivity index (χ2v) is 6.81. The van der Waals surface area contributed by atoms with Gasteiger partial charge in [-0.15, -0.1) is 11.3 Å². The SMILES string of the molecule is Cc1cccc(N2CCN(C(=O)c3ncsc3C)CC2)c1C. The summed E-state index contributed by atoms with van der Waals surface area (Å²) in [6, 6.07) is 6.42. The van der Waals surface area contributed by atoms with E-state index >= 15 is 0 Å². The summed E-state index contributed by atoms with van der Waals surface area (Å²) in [5.41, 5.74) is 6.29. The Labute approximate surface area is 135 Å². The van der Waals surface area contributed by atoms with Crippen molar-refractivity contribution in [2.24, 2.45) is 0 Å². The first-order valence-corrected chi connectivity index (χ1v) is 8.46. The predicted octanol–water partition coefficient (Wildman–Crippen LogP) is 3.03. The molecule has 0 bridgehead atoms. The molecule has 1 saturated heterocycles. The fourth-order valence-electron chi connectivity index (χ4n) is 2.89. The molecule has 1 aliphatic heterocycles. The van der Waals surface area contributed by atoms with Crippen molar-refractivity contribution in [2.75, 3.05) is 31.1 Å². The van der Waals surface area contributed by atoms with Crippen LogP contribution in [0.3, 0.4) is 0 Å². The molecule has 0 saturated carbocycles. The van der Waals surface area contributed by atoms with Crippen LogP contribution < -0.4 is 4.90 Å². The molecule has 1 fully saturated rings. The van der Waals surface area contributed by atoms with Crippen LogP contribution in [0.2, 0.25) is 0 Å². The molecule has 116 valence electrons. The van der Waals surface area contributed by atoms with E-state index in [0.717, 1.165) is 31.1 Å². The maximum Gasteiger partial charge on any atom is 0.273 e. The molecule has 4 nitrogen and oxygen atoms in total. The second kappa shape index (κ2) is 6.08. The number of carbonyl (C=O) groups excluding carboxylic acids is 1. The minimum Gasteiger partial charge on any atom is -0.368 e. The van der Waals surface area contributed by atoms with E-state index in [1.807, 2.05) is 11.8 Å². The van der Waals surface area contributed by atoms with Gasteiger partial charge in [0, 0.05) is 36.7 Å². The van der Waals surface area contributed by atoms with Crippen LogP contribution in [0.25, 0.3) is 0 Å². The Kier molecular flexibility index (Phi) is 4.16. The molecule has 0 radical (unpaired) electrons. The molecular weight excluding hydrogens is 294 g/mol. The molecule has 1 aromatic carbocycles. The number of hydrogen-bond donors (Lipinski definition) is 0. The molecule has 2 heterocycles. The third-order valence-corrected chi connectivity index (χ3v) is 5.19. The van der Waals surface area contributed by atoms with E-state index in [1.165, 1.54) is 28.2 Å². The first-order valence-electron chi connectivity index (χ1n) is 7.58. The Hall–Kier alpha value is -1.88. The molecule has 0 unspecified atom stereocenters. The minimum absolute atomic E-state index is 0.0689. The molecule has 5 heteroatoms. The highest BCUT2D eigenvalue weighted by molar-refractivity contribution is 7.09. The van der Waals surface area contributed by atoms with Gasteiger partial charge in [-0.05, 0) is 38.0 Å². The Balaban J connectivity index is 1.69. The predicted molar refractivity (Wildman–Crippen MR) is 90.9 cm³/mol. The molecule has 0 atom stereocenters. The lowest BCUT2D eigenvalue weighted by molar-refractivity contribution is 0.0741. The largest absolute Gasteiger partial charge is 0.368 e. The highest BCUT2D eigenvalue weighted by Crippen LogP contribution is 2.24. The van der Waals surface area contributed by atoms with Crippen molar-refractivity contribution in [3.8, 4) is 0 Å². The Morgan fingerprint density at radius 1 is 1.14 bits per heavy atom. The smallest absolute Gasteiger partial charge is 0.273 e. The van der Waals surface area contributed by atoms with E-state index in [1.54, 1.807) is 5.51 Å². The highest BCUT2D eigenvalue weighted by atomic mass is 32.1. The minimum atomic E-state index is 0.0689. The van der Waals surface area contributed by atoms with Crippen LogP contribution in [0.1, 0.15) is 26.5 Å². The van der Waals surface area contributed by atoms with Crippen molar-refractivity contribution >= 4 is 22.9 Å². The molecule has 0 N–H and O–H groups in total. The van der Waals surface area contributed by atoms with Gasteiger partial charge in [-0.2, -0.15) is 0 Å². The fourth-order valence-corrected chi connectivity index (χ4v) is 3.46. The second-order valence-electron chi connectivity index (χ2n) is 5.76. The highest BCUT2D eigenvalue weighted by Gasteiger charge is 2.25. The molecule has 0 aliphatic carbocycles. The number of rotatable bonds is 2. The first kappa shape index (κ1) is 15.0. The van der Waals surface area contributed by atoms with Gasteiger partial charge < -0.3 is 9.80 Å². The summed E-state index contributed by atoms with van der Waals surface area (Å²) in [7, 11) is 0. The molecular formula is C17H21N3OS. The molecule has 1 aromatic heterocycles. The molecule has 22 heavy (non-hydrogen) atoms. The number of anilines is 1. The van der Waals surface area contributed by atoms with E-state index < -0.39 is 0 Å². The zero-order valence-corrected chi connectivity index (χ0v) is 14.1. The zero-order chi connectivity index (χ0) is 15.7. The molecule has 3 rings (SSSR count). The number of carbonyl (C=O) groups is 1. The van der Waals surface area contributed by atoms with Crippen LogP contribution in [0.15, 0.2) is 23.7 Å². The molecule has 2 aromatic rings. The maximum absolute atomic E-state index is 12.5. The van der Waals surface area contributed by atoms with E-state index in [9.17, 15) is 4.79 Å². The number of amides is 1. The van der Waals surface area contributed by atoms with Gasteiger partial charge in [-0.1, -0.05) is 12.1 Å². The quantitative estimate of drug-likeness (QED) is 0.855. The van der Waals surface area contributed by atoms with Crippen LogP contribution in [-0.2, 0) is 0 Å². The summed E-state index contributed by atoms with van der Waals surface area (Å²) >= 11 is 1.53. The number of aryl methyl sites for hydroxylation is 2. The van der Waals surface area contributed by atoms with Gasteiger partial charge >= 0.3 is 0 Å². The summed E-state index contributed by atoms with van der Waals surface area (Å²) in [4.78, 5) is 22.0. The normalized spacial score (nSPS) is 15.2.